The van der Waals surface area contributed by atoms with Crippen molar-refractivity contribution >= 4 is 0 Å². The van der Waals surface area contributed by atoms with Gasteiger partial charge >= 0.3 is 0 Å². The summed E-state index contributed by atoms with van der Waals surface area (Å²) in [6, 6.07) is 0. The highest BCUT2D eigenvalue weighted by Gasteiger charge is 2.57. The summed E-state index contributed by atoms with van der Waals surface area (Å²) in [6.07, 6.45) is -45.4. The van der Waals surface area contributed by atoms with E-state index in [-0.39, 0.29) is 23.7 Å². The second-order valence-corrected chi connectivity index (χ2v) is 23.3. The molecule has 80 heavy (non-hydrogen) atoms. The lowest BCUT2D eigenvalue weighted by molar-refractivity contribution is -0.374. The first kappa shape index (κ1) is 68.0. The highest BCUT2D eigenvalue weighted by molar-refractivity contribution is 5.01. The van der Waals surface area contributed by atoms with Crippen molar-refractivity contribution in [2.24, 2.45) is 35.5 Å². The Balaban J connectivity index is 1.17. The van der Waals surface area contributed by atoms with Crippen LogP contribution in [0.15, 0.2) is 0 Å². The number of hydrogen-bond acceptors (Lipinski definition) is 29. The number of hydrogen-bond donors (Lipinski definition) is 17. The van der Waals surface area contributed by atoms with Crippen LogP contribution in [0, 0.1) is 35.5 Å². The monoisotopic (exact) mass is 1170 g/mol. The SMILES string of the molecule is CC(C)[C@H]1OC(CO)[C@H](O[C@@H]2OC(COCC(O)COCC3O[C@H](O[C@@H]4C(CO)O[C@@H](C(C)C)C(O)[C@H]4O)[C@H](O)C(O)[C@H]3O[C@@H]3OC(CO)[C@@H](C(C)C)[C@H](O)C3O)[C@@H](O[C@H]3OC(CO)[C@H](C(C)C)[C@@H](O)C3O)C(O)[C@@H]2O)[C@@H](O)C1O. The standard InChI is InChI=1S/C51H92O29/c1-17(2)28-22(9-52)73-48(38(65)30(28)57)79-46-26(75-50(40(67)36(46)63)77-44-24(11-54)71-42(19(5)6)32(59)34(44)61)15-69-13-21(56)14-70-16-27-47(80-49-39(66)31(58)29(18(3)4)23(10-53)74-49)37(64)41(68)51(76-27)78-45-25(12-55)72-43(20(7)8)33(60)35(45)62/h17-68H,9-16H2,1-8H3/t21?,22?,23?,24?,25?,26?,27?,28-,29+,30+,31-,32?,33?,34-,35+,36?,37?,38?,39?,40-,41+,42+,43-,44-,45+,46+,47-,48+,49-,50-,51+. The summed E-state index contributed by atoms with van der Waals surface area (Å²) in [4.78, 5) is 0. The molecule has 6 saturated heterocycles. The molecular formula is C51H92O29. The molecule has 470 valence electrons. The van der Waals surface area contributed by atoms with Crippen molar-refractivity contribution in [3.05, 3.63) is 0 Å². The number of aliphatic hydroxyl groups is 17. The quantitative estimate of drug-likeness (QED) is 0.0427. The molecule has 0 amide bonds. The molecule has 17 N–H and O–H groups in total. The highest BCUT2D eigenvalue weighted by atomic mass is 16.8. The Hall–Kier alpha value is -1.16. The fourth-order valence-electron chi connectivity index (χ4n) is 11.7. The predicted molar refractivity (Wildman–Crippen MR) is 266 cm³/mol. The van der Waals surface area contributed by atoms with E-state index in [2.05, 4.69) is 0 Å². The summed E-state index contributed by atoms with van der Waals surface area (Å²) in [5, 5.41) is 187. The first-order valence-corrected chi connectivity index (χ1v) is 27.7. The number of rotatable bonds is 24. The maximum atomic E-state index is 11.6. The van der Waals surface area contributed by atoms with Crippen LogP contribution >= 0.6 is 0 Å². The molecule has 29 heteroatoms. The van der Waals surface area contributed by atoms with Crippen LogP contribution in [0.5, 0.6) is 0 Å². The third kappa shape index (κ3) is 15.1. The molecule has 0 spiro atoms. The smallest absolute Gasteiger partial charge is 0.187 e. The van der Waals surface area contributed by atoms with Gasteiger partial charge in [0.05, 0.1) is 89.5 Å². The molecule has 6 aliphatic heterocycles. The maximum Gasteiger partial charge on any atom is 0.187 e. The summed E-state index contributed by atoms with van der Waals surface area (Å²) in [5.41, 5.74) is 0. The Bertz CT molecular complexity index is 1680. The first-order chi connectivity index (χ1) is 37.7. The Labute approximate surface area is 464 Å². The molecule has 0 bridgehead atoms. The van der Waals surface area contributed by atoms with E-state index in [1.165, 1.54) is 0 Å². The largest absolute Gasteiger partial charge is 0.394 e. The number of aliphatic hydroxyl groups excluding tert-OH is 17. The van der Waals surface area contributed by atoms with Gasteiger partial charge in [-0.2, -0.15) is 0 Å². The van der Waals surface area contributed by atoms with Gasteiger partial charge in [-0.15, -0.1) is 0 Å². The molecule has 13 unspecified atom stereocenters. The molecule has 31 atom stereocenters. The zero-order chi connectivity index (χ0) is 59.3. The van der Waals surface area contributed by atoms with E-state index in [0.717, 1.165) is 0 Å². The molecule has 6 heterocycles. The van der Waals surface area contributed by atoms with Gasteiger partial charge in [0.25, 0.3) is 0 Å². The predicted octanol–water partition coefficient (Wildman–Crippen LogP) is -7.49. The van der Waals surface area contributed by atoms with Crippen LogP contribution < -0.4 is 0 Å². The van der Waals surface area contributed by atoms with Gasteiger partial charge in [0.1, 0.15) is 116 Å². The van der Waals surface area contributed by atoms with Crippen molar-refractivity contribution in [3.8, 4) is 0 Å². The van der Waals surface area contributed by atoms with Crippen molar-refractivity contribution < 1.29 is 144 Å². The van der Waals surface area contributed by atoms with Gasteiger partial charge in [-0.3, -0.25) is 0 Å². The zero-order valence-corrected chi connectivity index (χ0v) is 46.4. The fraction of sp³-hybridized carbons (Fsp3) is 1.00. The molecular weight excluding hydrogens is 1080 g/mol. The molecule has 6 aliphatic rings. The van der Waals surface area contributed by atoms with Crippen molar-refractivity contribution in [1.29, 1.82) is 0 Å². The van der Waals surface area contributed by atoms with E-state index in [1.54, 1.807) is 55.4 Å². The third-order valence-corrected chi connectivity index (χ3v) is 16.2. The molecule has 0 radical (unpaired) electrons. The van der Waals surface area contributed by atoms with E-state index in [1.807, 2.05) is 0 Å². The average Bonchev–Trinajstić information content (AvgIpc) is 3.41. The second kappa shape index (κ2) is 30.0. The topological polar surface area (TPSA) is 455 Å². The van der Waals surface area contributed by atoms with Crippen LogP contribution in [0.2, 0.25) is 0 Å². The van der Waals surface area contributed by atoms with Gasteiger partial charge in [-0.05, 0) is 23.7 Å². The maximum absolute atomic E-state index is 11.6. The molecule has 0 aromatic heterocycles. The van der Waals surface area contributed by atoms with Gasteiger partial charge in [0.15, 0.2) is 25.2 Å². The van der Waals surface area contributed by atoms with Crippen LogP contribution in [0.25, 0.3) is 0 Å². The van der Waals surface area contributed by atoms with E-state index < -0.39 is 242 Å². The van der Waals surface area contributed by atoms with E-state index in [0.29, 0.717) is 0 Å². The van der Waals surface area contributed by atoms with Crippen LogP contribution in [0.3, 0.4) is 0 Å². The third-order valence-electron chi connectivity index (χ3n) is 16.2. The van der Waals surface area contributed by atoms with Gasteiger partial charge in [0.2, 0.25) is 0 Å². The minimum atomic E-state index is -2.00. The highest BCUT2D eigenvalue weighted by Crippen LogP contribution is 2.39. The zero-order valence-electron chi connectivity index (χ0n) is 46.4. The second-order valence-electron chi connectivity index (χ2n) is 23.3. The summed E-state index contributed by atoms with van der Waals surface area (Å²) in [7, 11) is 0. The molecule has 0 aromatic rings. The summed E-state index contributed by atoms with van der Waals surface area (Å²) in [5.74, 6) is -2.69. The van der Waals surface area contributed by atoms with Crippen LogP contribution in [0.1, 0.15) is 55.4 Å². The Morgan fingerprint density at radius 2 is 0.575 bits per heavy atom. The van der Waals surface area contributed by atoms with Gasteiger partial charge in [0, 0.05) is 11.8 Å². The lowest BCUT2D eigenvalue weighted by atomic mass is 9.81. The molecule has 0 aromatic carbocycles. The summed E-state index contributed by atoms with van der Waals surface area (Å²) < 4.78 is 71.1. The fourth-order valence-corrected chi connectivity index (χ4v) is 11.7. The summed E-state index contributed by atoms with van der Waals surface area (Å²) in [6.45, 7) is 8.90. The van der Waals surface area contributed by atoms with E-state index in [4.69, 9.17) is 56.8 Å². The summed E-state index contributed by atoms with van der Waals surface area (Å²) >= 11 is 0. The lowest BCUT2D eigenvalue weighted by Gasteiger charge is -2.49. The van der Waals surface area contributed by atoms with Crippen molar-refractivity contribution in [2.45, 2.75) is 233 Å². The van der Waals surface area contributed by atoms with E-state index >= 15 is 0 Å². The van der Waals surface area contributed by atoms with Crippen molar-refractivity contribution in [1.82, 2.24) is 0 Å². The van der Waals surface area contributed by atoms with Crippen LogP contribution in [-0.4, -0.2) is 317 Å². The number of ether oxygens (including phenoxy) is 12. The lowest BCUT2D eigenvalue weighted by Crippen LogP contribution is -2.66. The van der Waals surface area contributed by atoms with Gasteiger partial charge in [-0.1, -0.05) is 55.4 Å². The molecule has 0 saturated carbocycles. The van der Waals surface area contributed by atoms with Gasteiger partial charge < -0.3 is 144 Å². The molecule has 29 nitrogen and oxygen atoms in total. The molecule has 6 rings (SSSR count). The Kier molecular flexibility index (Phi) is 25.5. The van der Waals surface area contributed by atoms with E-state index in [9.17, 15) is 86.8 Å². The van der Waals surface area contributed by atoms with Crippen molar-refractivity contribution in [2.75, 3.05) is 52.9 Å². The van der Waals surface area contributed by atoms with Crippen LogP contribution in [-0.2, 0) is 56.8 Å². The minimum absolute atomic E-state index is 0.283. The molecule has 6 fully saturated rings. The van der Waals surface area contributed by atoms with Crippen molar-refractivity contribution in [3.63, 3.8) is 0 Å². The Morgan fingerprint density at radius 1 is 0.312 bits per heavy atom. The van der Waals surface area contributed by atoms with Crippen LogP contribution in [0.4, 0.5) is 0 Å². The van der Waals surface area contributed by atoms with Gasteiger partial charge in [-0.25, -0.2) is 0 Å². The normalized spacial score (nSPS) is 47.4. The Morgan fingerprint density at radius 3 is 0.850 bits per heavy atom. The first-order valence-electron chi connectivity index (χ1n) is 27.7. The minimum Gasteiger partial charge on any atom is -0.394 e. The average molecular weight is 1170 g/mol. The molecule has 0 aliphatic carbocycles.